The van der Waals surface area contributed by atoms with Gasteiger partial charge in [0.25, 0.3) is 0 Å². The molecular weight excluding hydrogens is 316 g/mol. The van der Waals surface area contributed by atoms with Crippen molar-refractivity contribution in [2.24, 2.45) is 0 Å². The second-order valence-corrected chi connectivity index (χ2v) is 6.41. The number of anilines is 1. The fourth-order valence-electron chi connectivity index (χ4n) is 3.41. The second kappa shape index (κ2) is 7.70. The molecule has 0 spiro atoms. The Balaban J connectivity index is 1.68. The molecule has 1 atom stereocenters. The summed E-state index contributed by atoms with van der Waals surface area (Å²) in [6.45, 7) is 9.95. The predicted octanol–water partition coefficient (Wildman–Crippen LogP) is 3.60. The Morgan fingerprint density at radius 3 is 2.88 bits per heavy atom. The van der Waals surface area contributed by atoms with Crippen molar-refractivity contribution in [1.82, 2.24) is 14.8 Å². The van der Waals surface area contributed by atoms with Crippen molar-refractivity contribution >= 4 is 11.7 Å². The average molecular weight is 342 g/mol. The number of likely N-dealkylation sites (tertiary alicyclic amines) is 1. The molecule has 2 heterocycles. The quantitative estimate of drug-likeness (QED) is 0.902. The monoisotopic (exact) mass is 342 g/mol. The largest absolute Gasteiger partial charge is 0.445 e. The van der Waals surface area contributed by atoms with Gasteiger partial charge in [0.2, 0.25) is 5.89 Å². The summed E-state index contributed by atoms with van der Waals surface area (Å²) >= 11 is 0. The topological polar surface area (TPSA) is 61.6 Å². The number of benzene rings is 1. The van der Waals surface area contributed by atoms with E-state index >= 15 is 0 Å². The van der Waals surface area contributed by atoms with Crippen LogP contribution in [0.1, 0.15) is 25.8 Å². The van der Waals surface area contributed by atoms with E-state index in [1.54, 1.807) is 12.5 Å². The number of aromatic nitrogens is 1. The van der Waals surface area contributed by atoms with E-state index < -0.39 is 0 Å². The Bertz CT molecular complexity index is 710. The molecule has 134 valence electrons. The molecule has 1 fully saturated rings. The molecule has 2 amide bonds. The van der Waals surface area contributed by atoms with Crippen molar-refractivity contribution in [1.29, 1.82) is 0 Å². The van der Waals surface area contributed by atoms with E-state index in [2.05, 4.69) is 29.0 Å². The third-order valence-corrected chi connectivity index (χ3v) is 4.94. The number of hydrogen-bond acceptors (Lipinski definition) is 4. The van der Waals surface area contributed by atoms with Crippen molar-refractivity contribution in [2.75, 3.05) is 31.5 Å². The molecule has 1 aromatic heterocycles. The Hall–Kier alpha value is -2.34. The lowest BCUT2D eigenvalue weighted by atomic mass is 10.1. The summed E-state index contributed by atoms with van der Waals surface area (Å²) in [4.78, 5) is 21.2. The molecule has 1 aliphatic rings. The van der Waals surface area contributed by atoms with E-state index in [0.717, 1.165) is 49.4 Å². The lowest BCUT2D eigenvalue weighted by molar-refractivity contribution is 0.202. The lowest BCUT2D eigenvalue weighted by Crippen LogP contribution is -2.39. The zero-order valence-electron chi connectivity index (χ0n) is 15.2. The first-order valence-corrected chi connectivity index (χ1v) is 8.92. The summed E-state index contributed by atoms with van der Waals surface area (Å²) in [5, 5.41) is 3.05. The van der Waals surface area contributed by atoms with Crippen LogP contribution in [0.25, 0.3) is 11.5 Å². The van der Waals surface area contributed by atoms with Crippen LogP contribution in [0, 0.1) is 6.92 Å². The van der Waals surface area contributed by atoms with Gasteiger partial charge in [-0.1, -0.05) is 19.9 Å². The van der Waals surface area contributed by atoms with Crippen LogP contribution in [0.4, 0.5) is 10.5 Å². The van der Waals surface area contributed by atoms with Gasteiger partial charge in [0, 0.05) is 30.4 Å². The molecule has 6 nitrogen and oxygen atoms in total. The van der Waals surface area contributed by atoms with Crippen LogP contribution in [0.5, 0.6) is 0 Å². The Morgan fingerprint density at radius 2 is 2.20 bits per heavy atom. The number of carbonyl (C=O) groups excluding carboxylic acids is 1. The van der Waals surface area contributed by atoms with E-state index in [0.29, 0.717) is 11.9 Å². The van der Waals surface area contributed by atoms with Crippen molar-refractivity contribution < 1.29 is 9.21 Å². The summed E-state index contributed by atoms with van der Waals surface area (Å²) in [6, 6.07) is 6.25. The van der Waals surface area contributed by atoms with Crippen LogP contribution in [0.15, 0.2) is 35.1 Å². The Kier molecular flexibility index (Phi) is 5.38. The van der Waals surface area contributed by atoms with Crippen LogP contribution in [-0.4, -0.2) is 53.0 Å². The number of urea groups is 1. The maximum Gasteiger partial charge on any atom is 0.321 e. The van der Waals surface area contributed by atoms with Gasteiger partial charge in [-0.05, 0) is 44.1 Å². The number of aryl methyl sites for hydroxylation is 1. The average Bonchev–Trinajstić information content (AvgIpc) is 3.30. The van der Waals surface area contributed by atoms with E-state index in [4.69, 9.17) is 4.42 Å². The third kappa shape index (κ3) is 3.85. The summed E-state index contributed by atoms with van der Waals surface area (Å²) in [6.07, 6.45) is 4.19. The Labute approximate surface area is 148 Å². The minimum absolute atomic E-state index is 0.0395. The van der Waals surface area contributed by atoms with Gasteiger partial charge in [-0.3, -0.25) is 4.90 Å². The number of nitrogens with one attached hydrogen (secondary N) is 1. The highest BCUT2D eigenvalue weighted by Gasteiger charge is 2.29. The smallest absolute Gasteiger partial charge is 0.321 e. The van der Waals surface area contributed by atoms with E-state index in [1.807, 2.05) is 30.0 Å². The molecule has 0 aliphatic carbocycles. The number of likely N-dealkylation sites (N-methyl/N-ethyl adjacent to an activating group) is 1. The van der Waals surface area contributed by atoms with Crippen LogP contribution in [-0.2, 0) is 0 Å². The first kappa shape index (κ1) is 17.5. The maximum absolute atomic E-state index is 12.7. The van der Waals surface area contributed by atoms with Gasteiger partial charge >= 0.3 is 6.03 Å². The summed E-state index contributed by atoms with van der Waals surface area (Å²) < 4.78 is 5.34. The zero-order chi connectivity index (χ0) is 17.8. The van der Waals surface area contributed by atoms with Crippen molar-refractivity contribution in [3.63, 3.8) is 0 Å². The zero-order valence-corrected chi connectivity index (χ0v) is 15.2. The SMILES string of the molecule is CCN(CC)C1CCN(C(=O)Nc2cc(-c3ncco3)ccc2C)C1. The summed E-state index contributed by atoms with van der Waals surface area (Å²) in [5.41, 5.74) is 2.67. The van der Waals surface area contributed by atoms with Gasteiger partial charge in [0.1, 0.15) is 6.26 Å². The fourth-order valence-corrected chi connectivity index (χ4v) is 3.41. The van der Waals surface area contributed by atoms with E-state index in [-0.39, 0.29) is 6.03 Å². The molecule has 1 aliphatic heterocycles. The van der Waals surface area contributed by atoms with Gasteiger partial charge < -0.3 is 14.6 Å². The third-order valence-electron chi connectivity index (χ3n) is 4.94. The van der Waals surface area contributed by atoms with Crippen LogP contribution >= 0.6 is 0 Å². The summed E-state index contributed by atoms with van der Waals surface area (Å²) in [5.74, 6) is 0.554. The normalized spacial score (nSPS) is 17.3. The van der Waals surface area contributed by atoms with Crippen molar-refractivity contribution in [3.8, 4) is 11.5 Å². The molecule has 3 rings (SSSR count). The number of amides is 2. The molecule has 0 radical (unpaired) electrons. The molecule has 0 saturated carbocycles. The van der Waals surface area contributed by atoms with Crippen LogP contribution < -0.4 is 5.32 Å². The minimum Gasteiger partial charge on any atom is -0.445 e. The first-order valence-electron chi connectivity index (χ1n) is 8.92. The lowest BCUT2D eigenvalue weighted by Gasteiger charge is -2.26. The number of rotatable bonds is 5. The molecule has 1 N–H and O–H groups in total. The highest BCUT2D eigenvalue weighted by molar-refractivity contribution is 5.91. The van der Waals surface area contributed by atoms with Crippen molar-refractivity contribution in [2.45, 2.75) is 33.2 Å². The molecule has 6 heteroatoms. The van der Waals surface area contributed by atoms with Gasteiger partial charge in [-0.15, -0.1) is 0 Å². The number of nitrogens with zero attached hydrogens (tertiary/aromatic N) is 3. The molecular formula is C19H26N4O2. The summed E-state index contributed by atoms with van der Waals surface area (Å²) in [7, 11) is 0. The molecule has 25 heavy (non-hydrogen) atoms. The number of oxazole rings is 1. The highest BCUT2D eigenvalue weighted by Crippen LogP contribution is 2.25. The second-order valence-electron chi connectivity index (χ2n) is 6.41. The number of carbonyl (C=O) groups is 1. The van der Waals surface area contributed by atoms with E-state index in [9.17, 15) is 4.79 Å². The van der Waals surface area contributed by atoms with Gasteiger partial charge in [0.15, 0.2) is 0 Å². The highest BCUT2D eigenvalue weighted by atomic mass is 16.3. The minimum atomic E-state index is -0.0395. The predicted molar refractivity (Wildman–Crippen MR) is 98.6 cm³/mol. The maximum atomic E-state index is 12.7. The first-order chi connectivity index (χ1) is 12.1. The molecule has 1 saturated heterocycles. The number of hydrogen-bond donors (Lipinski definition) is 1. The molecule has 1 aromatic carbocycles. The molecule has 2 aromatic rings. The van der Waals surface area contributed by atoms with E-state index in [1.165, 1.54) is 0 Å². The van der Waals surface area contributed by atoms with Gasteiger partial charge in [-0.2, -0.15) is 0 Å². The van der Waals surface area contributed by atoms with Gasteiger partial charge in [-0.25, -0.2) is 9.78 Å². The van der Waals surface area contributed by atoms with Crippen LogP contribution in [0.2, 0.25) is 0 Å². The van der Waals surface area contributed by atoms with Crippen LogP contribution in [0.3, 0.4) is 0 Å². The Morgan fingerprint density at radius 1 is 1.40 bits per heavy atom. The molecule has 0 bridgehead atoms. The standard InChI is InChI=1S/C19H26N4O2/c1-4-22(5-2)16-8-10-23(13-16)19(24)21-17-12-15(7-6-14(17)3)18-20-9-11-25-18/h6-7,9,11-12,16H,4-5,8,10,13H2,1-3H3,(H,21,24). The van der Waals surface area contributed by atoms with Gasteiger partial charge in [0.05, 0.1) is 6.20 Å². The van der Waals surface area contributed by atoms with Crippen molar-refractivity contribution in [3.05, 3.63) is 36.2 Å². The fraction of sp³-hybridized carbons (Fsp3) is 0.474. The molecule has 1 unspecified atom stereocenters.